The second-order valence-corrected chi connectivity index (χ2v) is 5.30. The van der Waals surface area contributed by atoms with E-state index in [1.165, 1.54) is 37.1 Å². The predicted octanol–water partition coefficient (Wildman–Crippen LogP) is 3.02. The van der Waals surface area contributed by atoms with Crippen molar-refractivity contribution in [2.24, 2.45) is 5.92 Å². The number of likely N-dealkylation sites (tertiary alicyclic amines) is 1. The van der Waals surface area contributed by atoms with Crippen molar-refractivity contribution in [2.75, 3.05) is 26.7 Å². The van der Waals surface area contributed by atoms with Crippen LogP contribution >= 0.6 is 0 Å². The number of hydrogen-bond donors (Lipinski definition) is 0. The summed E-state index contributed by atoms with van der Waals surface area (Å²) in [5.74, 6) is 1.77. The molecule has 0 radical (unpaired) electrons. The minimum atomic E-state index is 0.688. The smallest absolute Gasteiger partial charge is 0.125 e. The largest absolute Gasteiger partial charge is 0.493 e. The second-order valence-electron chi connectivity index (χ2n) is 5.30. The van der Waals surface area contributed by atoms with Crippen LogP contribution in [0, 0.1) is 19.8 Å². The molecule has 2 heteroatoms. The van der Waals surface area contributed by atoms with Crippen LogP contribution in [0.3, 0.4) is 0 Å². The molecule has 2 nitrogen and oxygen atoms in total. The van der Waals surface area contributed by atoms with Gasteiger partial charge >= 0.3 is 0 Å². The zero-order chi connectivity index (χ0) is 12.3. The Hall–Kier alpha value is -1.02. The average molecular weight is 233 g/mol. The van der Waals surface area contributed by atoms with Gasteiger partial charge in [-0.25, -0.2) is 0 Å². The van der Waals surface area contributed by atoms with E-state index in [0.29, 0.717) is 5.92 Å². The lowest BCUT2D eigenvalue weighted by Gasteiger charge is -2.29. The molecule has 1 heterocycles. The number of aryl methyl sites for hydroxylation is 2. The Morgan fingerprint density at radius 1 is 1.29 bits per heavy atom. The van der Waals surface area contributed by atoms with Crippen molar-refractivity contribution in [1.82, 2.24) is 4.90 Å². The minimum absolute atomic E-state index is 0.688. The first-order chi connectivity index (χ1) is 8.16. The van der Waals surface area contributed by atoms with Gasteiger partial charge in [0.1, 0.15) is 5.75 Å². The van der Waals surface area contributed by atoms with Crippen LogP contribution in [0.1, 0.15) is 24.0 Å². The molecule has 0 saturated carbocycles. The molecule has 1 atom stereocenters. The molecule has 0 bridgehead atoms. The molecule has 94 valence electrons. The standard InChI is InChI=1S/C15H23NO/c1-12-6-4-7-13(2)15(12)17-11-14-8-5-9-16(3)10-14/h4,6-7,14H,5,8-11H2,1-3H3. The number of piperidine rings is 1. The van der Waals surface area contributed by atoms with E-state index in [-0.39, 0.29) is 0 Å². The van der Waals surface area contributed by atoms with Crippen molar-refractivity contribution >= 4 is 0 Å². The fourth-order valence-electron chi connectivity index (χ4n) is 2.64. The van der Waals surface area contributed by atoms with Gasteiger partial charge in [0.15, 0.2) is 0 Å². The third-order valence-electron chi connectivity index (χ3n) is 3.59. The van der Waals surface area contributed by atoms with Gasteiger partial charge in [-0.2, -0.15) is 0 Å². The number of para-hydroxylation sites is 1. The first-order valence-corrected chi connectivity index (χ1v) is 6.54. The fourth-order valence-corrected chi connectivity index (χ4v) is 2.64. The summed E-state index contributed by atoms with van der Waals surface area (Å²) < 4.78 is 6.03. The lowest BCUT2D eigenvalue weighted by atomic mass is 9.99. The van der Waals surface area contributed by atoms with E-state index in [4.69, 9.17) is 4.74 Å². The summed E-state index contributed by atoms with van der Waals surface area (Å²) in [7, 11) is 2.20. The van der Waals surface area contributed by atoms with E-state index in [2.05, 4.69) is 44.0 Å². The third kappa shape index (κ3) is 3.22. The summed E-state index contributed by atoms with van der Waals surface area (Å²) in [6.07, 6.45) is 2.60. The Morgan fingerprint density at radius 3 is 2.65 bits per heavy atom. The molecule has 17 heavy (non-hydrogen) atoms. The molecular formula is C15H23NO. The highest BCUT2D eigenvalue weighted by molar-refractivity contribution is 5.39. The molecule has 0 aromatic heterocycles. The zero-order valence-corrected chi connectivity index (χ0v) is 11.2. The predicted molar refractivity (Wildman–Crippen MR) is 71.6 cm³/mol. The van der Waals surface area contributed by atoms with Crippen LogP contribution in [0.5, 0.6) is 5.75 Å². The lowest BCUT2D eigenvalue weighted by Crippen LogP contribution is -2.34. The molecule has 0 aliphatic carbocycles. The fraction of sp³-hybridized carbons (Fsp3) is 0.600. The topological polar surface area (TPSA) is 12.5 Å². The van der Waals surface area contributed by atoms with Crippen molar-refractivity contribution in [1.29, 1.82) is 0 Å². The average Bonchev–Trinajstić information content (AvgIpc) is 2.28. The van der Waals surface area contributed by atoms with E-state index in [9.17, 15) is 0 Å². The van der Waals surface area contributed by atoms with Crippen molar-refractivity contribution in [2.45, 2.75) is 26.7 Å². The van der Waals surface area contributed by atoms with E-state index in [0.717, 1.165) is 12.4 Å². The van der Waals surface area contributed by atoms with Crippen molar-refractivity contribution in [3.8, 4) is 5.75 Å². The van der Waals surface area contributed by atoms with Crippen molar-refractivity contribution in [3.05, 3.63) is 29.3 Å². The second kappa shape index (κ2) is 5.54. The highest BCUT2D eigenvalue weighted by atomic mass is 16.5. The van der Waals surface area contributed by atoms with Gasteiger partial charge < -0.3 is 9.64 Å². The molecule has 0 amide bonds. The first kappa shape index (κ1) is 12.4. The number of rotatable bonds is 3. The monoisotopic (exact) mass is 233 g/mol. The van der Waals surface area contributed by atoms with Crippen LogP contribution in [-0.2, 0) is 0 Å². The van der Waals surface area contributed by atoms with Crippen molar-refractivity contribution < 1.29 is 4.74 Å². The molecule has 1 aliphatic heterocycles. The molecule has 2 rings (SSSR count). The quantitative estimate of drug-likeness (QED) is 0.795. The Labute approximate surface area is 105 Å². The number of benzene rings is 1. The molecule has 1 unspecified atom stereocenters. The van der Waals surface area contributed by atoms with Gasteiger partial charge in [0.25, 0.3) is 0 Å². The van der Waals surface area contributed by atoms with Gasteiger partial charge in [0, 0.05) is 12.5 Å². The summed E-state index contributed by atoms with van der Waals surface area (Å²) in [5.41, 5.74) is 2.49. The molecule has 1 saturated heterocycles. The third-order valence-corrected chi connectivity index (χ3v) is 3.59. The van der Waals surface area contributed by atoms with Gasteiger partial charge in [0.2, 0.25) is 0 Å². The molecule has 0 N–H and O–H groups in total. The highest BCUT2D eigenvalue weighted by Gasteiger charge is 2.18. The molecule has 1 fully saturated rings. The summed E-state index contributed by atoms with van der Waals surface area (Å²) in [4.78, 5) is 2.40. The van der Waals surface area contributed by atoms with Crippen LogP contribution < -0.4 is 4.74 Å². The normalized spacial score (nSPS) is 21.5. The molecule has 1 aliphatic rings. The minimum Gasteiger partial charge on any atom is -0.493 e. The van der Waals surface area contributed by atoms with Gasteiger partial charge in [-0.15, -0.1) is 0 Å². The van der Waals surface area contributed by atoms with E-state index in [1.807, 2.05) is 0 Å². The number of ether oxygens (including phenoxy) is 1. The van der Waals surface area contributed by atoms with E-state index in [1.54, 1.807) is 0 Å². The van der Waals surface area contributed by atoms with Crippen LogP contribution in [0.25, 0.3) is 0 Å². The van der Waals surface area contributed by atoms with Crippen molar-refractivity contribution in [3.63, 3.8) is 0 Å². The Bertz CT molecular complexity index is 355. The van der Waals surface area contributed by atoms with Gasteiger partial charge in [-0.3, -0.25) is 0 Å². The molecule has 1 aromatic rings. The molecule has 1 aromatic carbocycles. The van der Waals surface area contributed by atoms with Crippen LogP contribution in [0.15, 0.2) is 18.2 Å². The first-order valence-electron chi connectivity index (χ1n) is 6.54. The summed E-state index contributed by atoms with van der Waals surface area (Å²) in [6, 6.07) is 6.33. The maximum atomic E-state index is 6.03. The SMILES string of the molecule is Cc1cccc(C)c1OCC1CCCN(C)C1. The lowest BCUT2D eigenvalue weighted by molar-refractivity contribution is 0.149. The van der Waals surface area contributed by atoms with Crippen LogP contribution in [-0.4, -0.2) is 31.6 Å². The summed E-state index contributed by atoms with van der Waals surface area (Å²) in [6.45, 7) is 7.51. The summed E-state index contributed by atoms with van der Waals surface area (Å²) >= 11 is 0. The molecule has 0 spiro atoms. The van der Waals surface area contributed by atoms with Crippen LogP contribution in [0.2, 0.25) is 0 Å². The van der Waals surface area contributed by atoms with Gasteiger partial charge in [-0.05, 0) is 51.4 Å². The van der Waals surface area contributed by atoms with Gasteiger partial charge in [0.05, 0.1) is 6.61 Å². The maximum absolute atomic E-state index is 6.03. The summed E-state index contributed by atoms with van der Waals surface area (Å²) in [5, 5.41) is 0. The Morgan fingerprint density at radius 2 is 2.00 bits per heavy atom. The Balaban J connectivity index is 1.93. The van der Waals surface area contributed by atoms with Crippen LogP contribution in [0.4, 0.5) is 0 Å². The van der Waals surface area contributed by atoms with Gasteiger partial charge in [-0.1, -0.05) is 18.2 Å². The number of nitrogens with zero attached hydrogens (tertiary/aromatic N) is 1. The Kier molecular flexibility index (Phi) is 4.06. The maximum Gasteiger partial charge on any atom is 0.125 e. The molecular weight excluding hydrogens is 210 g/mol. The number of hydrogen-bond acceptors (Lipinski definition) is 2. The highest BCUT2D eigenvalue weighted by Crippen LogP contribution is 2.24. The van der Waals surface area contributed by atoms with E-state index < -0.39 is 0 Å². The zero-order valence-electron chi connectivity index (χ0n) is 11.2. The van der Waals surface area contributed by atoms with E-state index >= 15 is 0 Å².